The van der Waals surface area contributed by atoms with Crippen molar-refractivity contribution < 1.29 is 9.53 Å². The number of nitrogens with zero attached hydrogens (tertiary/aromatic N) is 1. The summed E-state index contributed by atoms with van der Waals surface area (Å²) in [6.07, 6.45) is 0.911. The smallest absolute Gasteiger partial charge is 0.268 e. The highest BCUT2D eigenvalue weighted by atomic mass is 32.1. The summed E-state index contributed by atoms with van der Waals surface area (Å²) in [5, 5.41) is 1.87. The van der Waals surface area contributed by atoms with Crippen molar-refractivity contribution in [3.05, 3.63) is 46.2 Å². The van der Waals surface area contributed by atoms with E-state index in [0.29, 0.717) is 23.7 Å². The largest absolute Gasteiger partial charge is 0.495 e. The van der Waals surface area contributed by atoms with Gasteiger partial charge in [-0.25, -0.2) is 0 Å². The Morgan fingerprint density at radius 2 is 2.00 bits per heavy atom. The zero-order valence-corrected chi connectivity index (χ0v) is 13.2. The van der Waals surface area contributed by atoms with Gasteiger partial charge in [-0.3, -0.25) is 4.79 Å². The third kappa shape index (κ3) is 3.76. The first-order valence-electron chi connectivity index (χ1n) is 6.91. The van der Waals surface area contributed by atoms with Gasteiger partial charge >= 0.3 is 0 Å². The lowest BCUT2D eigenvalue weighted by atomic mass is 10.2. The molecule has 0 bridgehead atoms. The van der Waals surface area contributed by atoms with Gasteiger partial charge in [0.25, 0.3) is 5.91 Å². The summed E-state index contributed by atoms with van der Waals surface area (Å²) in [7, 11) is 1.59. The Labute approximate surface area is 129 Å². The molecule has 112 valence electrons. The number of anilines is 1. The van der Waals surface area contributed by atoms with Crippen LogP contribution in [-0.4, -0.2) is 24.5 Å². The van der Waals surface area contributed by atoms with Crippen molar-refractivity contribution >= 4 is 22.9 Å². The Bertz CT molecular complexity index is 593. The van der Waals surface area contributed by atoms with Crippen LogP contribution in [0.4, 0.5) is 5.69 Å². The zero-order valence-electron chi connectivity index (χ0n) is 12.3. The molecule has 0 aliphatic carbocycles. The van der Waals surface area contributed by atoms with Gasteiger partial charge in [0.2, 0.25) is 0 Å². The van der Waals surface area contributed by atoms with Gasteiger partial charge in [0.1, 0.15) is 10.6 Å². The number of hydrogen-bond donors (Lipinski definition) is 1. The molecule has 1 aromatic heterocycles. The third-order valence-electron chi connectivity index (χ3n) is 3.18. The summed E-state index contributed by atoms with van der Waals surface area (Å²) < 4.78 is 5.25. The van der Waals surface area contributed by atoms with E-state index in [0.717, 1.165) is 17.7 Å². The molecule has 0 saturated carbocycles. The van der Waals surface area contributed by atoms with Crippen molar-refractivity contribution in [1.29, 1.82) is 0 Å². The maximum Gasteiger partial charge on any atom is 0.268 e. The fourth-order valence-electron chi connectivity index (χ4n) is 2.12. The maximum absolute atomic E-state index is 12.7. The Morgan fingerprint density at radius 1 is 1.29 bits per heavy atom. The molecule has 1 heterocycles. The van der Waals surface area contributed by atoms with Crippen LogP contribution in [0.3, 0.4) is 0 Å². The average Bonchev–Trinajstić information content (AvgIpc) is 2.96. The number of rotatable bonds is 6. The van der Waals surface area contributed by atoms with Crippen LogP contribution < -0.4 is 10.5 Å². The van der Waals surface area contributed by atoms with Crippen LogP contribution in [0.15, 0.2) is 35.7 Å². The van der Waals surface area contributed by atoms with Crippen molar-refractivity contribution in [1.82, 2.24) is 4.90 Å². The SMILES string of the molecule is CCCN(Cc1ccc(N)cc1)C(=O)c1sccc1OC. The van der Waals surface area contributed by atoms with E-state index < -0.39 is 0 Å². The molecule has 0 aliphatic heterocycles. The fraction of sp³-hybridized carbons (Fsp3) is 0.312. The molecular weight excluding hydrogens is 284 g/mol. The van der Waals surface area contributed by atoms with Gasteiger partial charge in [-0.1, -0.05) is 19.1 Å². The molecule has 0 aliphatic rings. The maximum atomic E-state index is 12.7. The lowest BCUT2D eigenvalue weighted by molar-refractivity contribution is 0.0745. The molecule has 0 unspecified atom stereocenters. The number of methoxy groups -OCH3 is 1. The van der Waals surface area contributed by atoms with Crippen LogP contribution in [0.1, 0.15) is 28.6 Å². The lowest BCUT2D eigenvalue weighted by Crippen LogP contribution is -2.31. The Morgan fingerprint density at radius 3 is 2.62 bits per heavy atom. The number of amides is 1. The number of carbonyl (C=O) groups excluding carboxylic acids is 1. The fourth-order valence-corrected chi connectivity index (χ4v) is 2.95. The zero-order chi connectivity index (χ0) is 15.2. The lowest BCUT2D eigenvalue weighted by Gasteiger charge is -2.22. The van der Waals surface area contributed by atoms with Crippen LogP contribution >= 0.6 is 11.3 Å². The van der Waals surface area contributed by atoms with Crippen LogP contribution in [-0.2, 0) is 6.54 Å². The summed E-state index contributed by atoms with van der Waals surface area (Å²) in [5.74, 6) is 0.656. The third-order valence-corrected chi connectivity index (χ3v) is 4.06. The molecule has 0 spiro atoms. The van der Waals surface area contributed by atoms with E-state index in [2.05, 4.69) is 6.92 Å². The minimum absolute atomic E-state index is 0.0144. The van der Waals surface area contributed by atoms with E-state index in [1.165, 1.54) is 11.3 Å². The predicted octanol–water partition coefficient (Wildman–Crippen LogP) is 3.39. The Hall–Kier alpha value is -2.01. The van der Waals surface area contributed by atoms with E-state index >= 15 is 0 Å². The monoisotopic (exact) mass is 304 g/mol. The first-order valence-corrected chi connectivity index (χ1v) is 7.78. The summed E-state index contributed by atoms with van der Waals surface area (Å²) in [6, 6.07) is 9.45. The van der Waals surface area contributed by atoms with Crippen LogP contribution in [0.25, 0.3) is 0 Å². The molecule has 0 saturated heterocycles. The molecule has 0 atom stereocenters. The molecule has 1 aromatic carbocycles. The van der Waals surface area contributed by atoms with Crippen molar-refractivity contribution in [3.63, 3.8) is 0 Å². The van der Waals surface area contributed by atoms with Crippen molar-refractivity contribution in [3.8, 4) is 5.75 Å². The summed E-state index contributed by atoms with van der Waals surface area (Å²) in [6.45, 7) is 3.35. The summed E-state index contributed by atoms with van der Waals surface area (Å²) >= 11 is 1.41. The van der Waals surface area contributed by atoms with E-state index in [1.807, 2.05) is 40.6 Å². The Kier molecular flexibility index (Phi) is 5.22. The molecule has 0 radical (unpaired) electrons. The van der Waals surface area contributed by atoms with Crippen molar-refractivity contribution in [2.24, 2.45) is 0 Å². The second-order valence-electron chi connectivity index (χ2n) is 4.79. The van der Waals surface area contributed by atoms with Gasteiger partial charge in [-0.2, -0.15) is 0 Å². The van der Waals surface area contributed by atoms with E-state index in [1.54, 1.807) is 7.11 Å². The quantitative estimate of drug-likeness (QED) is 0.832. The average molecular weight is 304 g/mol. The number of ether oxygens (including phenoxy) is 1. The summed E-state index contributed by atoms with van der Waals surface area (Å²) in [5.41, 5.74) is 7.50. The standard InChI is InChI=1S/C16H20N2O2S/c1-3-9-18(11-12-4-6-13(17)7-5-12)16(19)15-14(20-2)8-10-21-15/h4-8,10H,3,9,11,17H2,1-2H3. The van der Waals surface area contributed by atoms with Crippen LogP contribution in [0.5, 0.6) is 5.75 Å². The van der Waals surface area contributed by atoms with Crippen LogP contribution in [0, 0.1) is 0 Å². The molecular formula is C16H20N2O2S. The second-order valence-corrected chi connectivity index (χ2v) is 5.70. The van der Waals surface area contributed by atoms with E-state index in [9.17, 15) is 4.79 Å². The molecule has 21 heavy (non-hydrogen) atoms. The molecule has 1 amide bonds. The van der Waals surface area contributed by atoms with Gasteiger partial charge < -0.3 is 15.4 Å². The van der Waals surface area contributed by atoms with Gasteiger partial charge in [-0.15, -0.1) is 11.3 Å². The summed E-state index contributed by atoms with van der Waals surface area (Å²) in [4.78, 5) is 15.2. The number of nitrogen functional groups attached to an aromatic ring is 1. The van der Waals surface area contributed by atoms with E-state index in [-0.39, 0.29) is 5.91 Å². The molecule has 5 heteroatoms. The van der Waals surface area contributed by atoms with Gasteiger partial charge in [0.15, 0.2) is 0 Å². The number of benzene rings is 1. The molecule has 4 nitrogen and oxygen atoms in total. The van der Waals surface area contributed by atoms with Gasteiger partial charge in [-0.05, 0) is 35.6 Å². The number of hydrogen-bond acceptors (Lipinski definition) is 4. The van der Waals surface area contributed by atoms with Gasteiger partial charge in [0.05, 0.1) is 7.11 Å². The van der Waals surface area contributed by atoms with Crippen molar-refractivity contribution in [2.45, 2.75) is 19.9 Å². The van der Waals surface area contributed by atoms with Crippen LogP contribution in [0.2, 0.25) is 0 Å². The number of carbonyl (C=O) groups is 1. The molecule has 2 N–H and O–H groups in total. The number of nitrogens with two attached hydrogens (primary N) is 1. The molecule has 2 rings (SSSR count). The second kappa shape index (κ2) is 7.13. The predicted molar refractivity (Wildman–Crippen MR) is 86.8 cm³/mol. The first kappa shape index (κ1) is 15.4. The number of thiophene rings is 1. The minimum Gasteiger partial charge on any atom is -0.495 e. The minimum atomic E-state index is 0.0144. The molecule has 0 fully saturated rings. The highest BCUT2D eigenvalue weighted by molar-refractivity contribution is 7.12. The highest BCUT2D eigenvalue weighted by Crippen LogP contribution is 2.26. The topological polar surface area (TPSA) is 55.6 Å². The molecule has 2 aromatic rings. The first-order chi connectivity index (χ1) is 10.2. The Balaban J connectivity index is 2.18. The highest BCUT2D eigenvalue weighted by Gasteiger charge is 2.20. The van der Waals surface area contributed by atoms with Crippen molar-refractivity contribution in [2.75, 3.05) is 19.4 Å². The van der Waals surface area contributed by atoms with Gasteiger partial charge in [0, 0.05) is 18.8 Å². The normalized spacial score (nSPS) is 10.4. The van der Waals surface area contributed by atoms with E-state index in [4.69, 9.17) is 10.5 Å².